The van der Waals surface area contributed by atoms with Gasteiger partial charge in [-0.15, -0.1) is 0 Å². The summed E-state index contributed by atoms with van der Waals surface area (Å²) in [6.45, 7) is 4.85. The number of ether oxygens (including phenoxy) is 1. The van der Waals surface area contributed by atoms with Gasteiger partial charge in [-0.1, -0.05) is 6.58 Å². The van der Waals surface area contributed by atoms with Crippen LogP contribution in [0.1, 0.15) is 19.8 Å². The molecule has 0 spiro atoms. The number of phosphoric ester groups is 1. The Kier molecular flexibility index (Phi) is 13.2. The molecule has 0 heterocycles. The van der Waals surface area contributed by atoms with Crippen LogP contribution in [0.2, 0.25) is 0 Å². The fraction of sp³-hybridized carbons (Fsp3) is 0.625. The molecule has 0 saturated carbocycles. The maximum atomic E-state index is 10.7. The van der Waals surface area contributed by atoms with Crippen LogP contribution in [-0.4, -0.2) is 28.5 Å². The summed E-state index contributed by atoms with van der Waals surface area (Å²) in [5.41, 5.74) is 0. The van der Waals surface area contributed by atoms with Gasteiger partial charge < -0.3 is 26.8 Å². The number of phosphoric acid groups is 1. The van der Waals surface area contributed by atoms with Crippen LogP contribution < -0.4 is 12.3 Å². The van der Waals surface area contributed by atoms with E-state index < -0.39 is 13.8 Å². The van der Waals surface area contributed by atoms with Crippen molar-refractivity contribution in [2.24, 2.45) is 0 Å². The second kappa shape index (κ2) is 10.4. The lowest BCUT2D eigenvalue weighted by Crippen LogP contribution is -2.13. The van der Waals surface area contributed by atoms with Crippen LogP contribution in [0.3, 0.4) is 0 Å². The topological polar surface area (TPSA) is 163 Å². The minimum Gasteiger partial charge on any atom is -0.460 e. The zero-order chi connectivity index (χ0) is 11.9. The Balaban J connectivity index is -0.000000980. The molecule has 0 fully saturated rings. The normalized spacial score (nSPS) is 11.7. The molecule has 17 heavy (non-hydrogen) atoms. The lowest BCUT2D eigenvalue weighted by Gasteiger charge is -2.11. The molecule has 1 unspecified atom stereocenters. The molecule has 0 aromatic heterocycles. The van der Waals surface area contributed by atoms with E-state index in [9.17, 15) is 9.36 Å². The van der Waals surface area contributed by atoms with Crippen molar-refractivity contribution in [2.45, 2.75) is 25.9 Å². The number of hydrogen-bond donors (Lipinski definition) is 4. The van der Waals surface area contributed by atoms with Crippen LogP contribution in [-0.2, 0) is 18.6 Å². The molecule has 0 aliphatic rings. The Labute approximate surface area is 100 Å². The van der Waals surface area contributed by atoms with Crippen LogP contribution in [0.4, 0.5) is 0 Å². The van der Waals surface area contributed by atoms with Crippen LogP contribution in [0, 0.1) is 0 Å². The van der Waals surface area contributed by atoms with E-state index in [0.29, 0.717) is 12.8 Å². The highest BCUT2D eigenvalue weighted by atomic mass is 31.2. The minimum absolute atomic E-state index is 0. The van der Waals surface area contributed by atoms with E-state index in [4.69, 9.17) is 14.5 Å². The quantitative estimate of drug-likeness (QED) is 0.233. The molecule has 0 rings (SSSR count). The van der Waals surface area contributed by atoms with E-state index in [1.807, 2.05) is 0 Å². The predicted octanol–water partition coefficient (Wildman–Crippen LogP) is 1.32. The average Bonchev–Trinajstić information content (AvgIpc) is 2.11. The first kappa shape index (κ1) is 21.5. The predicted molar refractivity (Wildman–Crippen MR) is 63.0 cm³/mol. The van der Waals surface area contributed by atoms with Gasteiger partial charge in [0.25, 0.3) is 0 Å². The zero-order valence-electron chi connectivity index (χ0n) is 9.87. The largest absolute Gasteiger partial charge is 0.469 e. The Morgan fingerprint density at radius 1 is 1.47 bits per heavy atom. The first-order valence-corrected chi connectivity index (χ1v) is 5.91. The lowest BCUT2D eigenvalue weighted by atomic mass is 10.2. The molecule has 0 bridgehead atoms. The highest BCUT2D eigenvalue weighted by Crippen LogP contribution is 2.35. The number of esters is 1. The molecule has 0 aromatic rings. The molecule has 0 saturated heterocycles. The van der Waals surface area contributed by atoms with E-state index in [-0.39, 0.29) is 25.0 Å². The SMILES string of the molecule is C=CC(=O)OC(C)CCCOP(=O)(O)O.N.N. The van der Waals surface area contributed by atoms with Crippen molar-refractivity contribution in [1.82, 2.24) is 12.3 Å². The highest BCUT2D eigenvalue weighted by Gasteiger charge is 2.13. The van der Waals surface area contributed by atoms with Gasteiger partial charge in [-0.2, -0.15) is 0 Å². The van der Waals surface area contributed by atoms with Crippen molar-refractivity contribution in [3.8, 4) is 0 Å². The van der Waals surface area contributed by atoms with Gasteiger partial charge in [-0.3, -0.25) is 4.52 Å². The standard InChI is InChI=1S/C8H15O6P.2H3N/c1-3-8(9)14-7(2)5-4-6-13-15(10,11)12;;/h3,7H,1,4-6H2,2H3,(H2,10,11,12);2*1H3. The summed E-state index contributed by atoms with van der Waals surface area (Å²) in [4.78, 5) is 27.4. The summed E-state index contributed by atoms with van der Waals surface area (Å²) in [6, 6.07) is 0. The third-order valence-corrected chi connectivity index (χ3v) is 2.02. The van der Waals surface area contributed by atoms with Crippen molar-refractivity contribution >= 4 is 13.8 Å². The van der Waals surface area contributed by atoms with Crippen molar-refractivity contribution in [3.05, 3.63) is 12.7 Å². The van der Waals surface area contributed by atoms with E-state index in [2.05, 4.69) is 11.1 Å². The van der Waals surface area contributed by atoms with Crippen LogP contribution in [0.15, 0.2) is 12.7 Å². The molecule has 8 N–H and O–H groups in total. The van der Waals surface area contributed by atoms with Crippen molar-refractivity contribution in [3.63, 3.8) is 0 Å². The maximum absolute atomic E-state index is 10.7. The fourth-order valence-corrected chi connectivity index (χ4v) is 1.23. The number of hydrogen-bond acceptors (Lipinski definition) is 6. The van der Waals surface area contributed by atoms with E-state index in [0.717, 1.165) is 6.08 Å². The molecule has 0 radical (unpaired) electrons. The molecule has 104 valence electrons. The first-order chi connectivity index (χ1) is 6.85. The van der Waals surface area contributed by atoms with Crippen molar-refractivity contribution < 1.29 is 28.4 Å². The van der Waals surface area contributed by atoms with Gasteiger partial charge in [-0.25, -0.2) is 9.36 Å². The molecule has 0 aliphatic carbocycles. The smallest absolute Gasteiger partial charge is 0.460 e. The van der Waals surface area contributed by atoms with Crippen molar-refractivity contribution in [2.75, 3.05) is 6.61 Å². The van der Waals surface area contributed by atoms with Gasteiger partial charge in [0.1, 0.15) is 0 Å². The third-order valence-electron chi connectivity index (χ3n) is 1.50. The summed E-state index contributed by atoms with van der Waals surface area (Å²) in [7, 11) is -4.38. The summed E-state index contributed by atoms with van der Waals surface area (Å²) >= 11 is 0. The van der Waals surface area contributed by atoms with Crippen LogP contribution in [0.5, 0.6) is 0 Å². The summed E-state index contributed by atoms with van der Waals surface area (Å²) in [6.07, 6.45) is 1.61. The maximum Gasteiger partial charge on any atom is 0.469 e. The number of carbonyl (C=O) groups is 1. The average molecular weight is 272 g/mol. The minimum atomic E-state index is -4.38. The molecule has 0 aromatic carbocycles. The van der Waals surface area contributed by atoms with Gasteiger partial charge >= 0.3 is 13.8 Å². The Bertz CT molecular complexity index is 267. The Morgan fingerprint density at radius 2 is 2.00 bits per heavy atom. The molecule has 0 aliphatic heterocycles. The molecular weight excluding hydrogens is 251 g/mol. The number of rotatable bonds is 7. The van der Waals surface area contributed by atoms with Crippen LogP contribution >= 0.6 is 7.82 Å². The number of carbonyl (C=O) groups excluding carboxylic acids is 1. The van der Waals surface area contributed by atoms with Gasteiger partial charge in [0, 0.05) is 6.08 Å². The van der Waals surface area contributed by atoms with E-state index in [1.165, 1.54) is 0 Å². The van der Waals surface area contributed by atoms with Crippen molar-refractivity contribution in [1.29, 1.82) is 0 Å². The zero-order valence-corrected chi connectivity index (χ0v) is 10.8. The Hall–Kier alpha value is -0.760. The molecule has 0 amide bonds. The van der Waals surface area contributed by atoms with Crippen LogP contribution in [0.25, 0.3) is 0 Å². The second-order valence-corrected chi connectivity index (χ2v) is 4.16. The fourth-order valence-electron chi connectivity index (χ4n) is 0.860. The first-order valence-electron chi connectivity index (χ1n) is 4.38. The Morgan fingerprint density at radius 3 is 2.41 bits per heavy atom. The summed E-state index contributed by atoms with van der Waals surface area (Å²) in [5.74, 6) is -0.515. The molecule has 1 atom stereocenters. The van der Waals surface area contributed by atoms with E-state index >= 15 is 0 Å². The molecule has 8 nitrogen and oxygen atoms in total. The molecular formula is C8H21N2O6P. The lowest BCUT2D eigenvalue weighted by molar-refractivity contribution is -0.142. The van der Waals surface area contributed by atoms with E-state index in [1.54, 1.807) is 6.92 Å². The third kappa shape index (κ3) is 15.2. The summed E-state index contributed by atoms with van der Waals surface area (Å²) in [5, 5.41) is 0. The van der Waals surface area contributed by atoms with Gasteiger partial charge in [-0.05, 0) is 19.8 Å². The monoisotopic (exact) mass is 272 g/mol. The van der Waals surface area contributed by atoms with Gasteiger partial charge in [0.2, 0.25) is 0 Å². The van der Waals surface area contributed by atoms with Gasteiger partial charge in [0.05, 0.1) is 12.7 Å². The second-order valence-electron chi connectivity index (χ2n) is 2.92. The molecule has 9 heteroatoms. The summed E-state index contributed by atoms with van der Waals surface area (Å²) < 4.78 is 19.3. The van der Waals surface area contributed by atoms with Gasteiger partial charge in [0.15, 0.2) is 0 Å². The highest BCUT2D eigenvalue weighted by molar-refractivity contribution is 7.46.